The maximum absolute atomic E-state index is 12.6. The molecule has 0 saturated carbocycles. The van der Waals surface area contributed by atoms with E-state index in [0.717, 1.165) is 0 Å². The van der Waals surface area contributed by atoms with Crippen LogP contribution in [0.3, 0.4) is 0 Å². The van der Waals surface area contributed by atoms with Crippen LogP contribution in [-0.4, -0.2) is 79.2 Å². The lowest BCUT2D eigenvalue weighted by Crippen LogP contribution is -2.55. The fourth-order valence-corrected chi connectivity index (χ4v) is 4.44. The van der Waals surface area contributed by atoms with Gasteiger partial charge in [0.25, 0.3) is 0 Å². The Morgan fingerprint density at radius 2 is 1.81 bits per heavy atom. The average molecular weight is 387 g/mol. The summed E-state index contributed by atoms with van der Waals surface area (Å²) in [6.45, 7) is 8.07. The summed E-state index contributed by atoms with van der Waals surface area (Å²) >= 11 is 0. The van der Waals surface area contributed by atoms with E-state index in [1.54, 1.807) is 20.8 Å². The molecule has 1 atom stereocenters. The maximum atomic E-state index is 12.6. The fourth-order valence-electron chi connectivity index (χ4n) is 2.88. The molecule has 10 nitrogen and oxygen atoms in total. The molecule has 2 N–H and O–H groups in total. The molecule has 0 aliphatic carbocycles. The second-order valence-corrected chi connectivity index (χ2v) is 7.77. The van der Waals surface area contributed by atoms with E-state index in [1.807, 2.05) is 0 Å². The van der Waals surface area contributed by atoms with E-state index < -0.39 is 22.2 Å². The molecule has 1 saturated heterocycles. The molecule has 146 valence electrons. The first-order chi connectivity index (χ1) is 12.2. The van der Waals surface area contributed by atoms with Gasteiger partial charge in [0, 0.05) is 26.2 Å². The van der Waals surface area contributed by atoms with Crippen LogP contribution in [0.5, 0.6) is 0 Å². The van der Waals surface area contributed by atoms with Gasteiger partial charge < -0.3 is 14.5 Å². The zero-order chi connectivity index (χ0) is 19.5. The second kappa shape index (κ2) is 8.04. The van der Waals surface area contributed by atoms with Crippen molar-refractivity contribution in [3.05, 3.63) is 11.4 Å². The van der Waals surface area contributed by atoms with Crippen LogP contribution in [0.1, 0.15) is 25.2 Å². The Morgan fingerprint density at radius 3 is 2.31 bits per heavy atom. The minimum absolute atomic E-state index is 0.0595. The summed E-state index contributed by atoms with van der Waals surface area (Å²) in [5.41, 5.74) is 0.760. The highest BCUT2D eigenvalue weighted by molar-refractivity contribution is 7.89. The highest BCUT2D eigenvalue weighted by Crippen LogP contribution is 2.17. The summed E-state index contributed by atoms with van der Waals surface area (Å²) in [7, 11) is -3.87. The van der Waals surface area contributed by atoms with Gasteiger partial charge in [0.1, 0.15) is 4.90 Å². The fraction of sp³-hybridized carbons (Fsp3) is 0.667. The highest BCUT2D eigenvalue weighted by atomic mass is 32.2. The molecule has 0 unspecified atom stereocenters. The lowest BCUT2D eigenvalue weighted by atomic mass is 10.2. The number of aromatic amines is 1. The minimum Gasteiger partial charge on any atom is -0.450 e. The molecule has 2 amide bonds. The first kappa shape index (κ1) is 20.2. The summed E-state index contributed by atoms with van der Waals surface area (Å²) < 4.78 is 32.4. The van der Waals surface area contributed by atoms with Crippen LogP contribution in [0.25, 0.3) is 0 Å². The summed E-state index contributed by atoms with van der Waals surface area (Å²) in [5, 5.41) is 6.50. The van der Waals surface area contributed by atoms with Crippen molar-refractivity contribution in [2.45, 2.75) is 38.6 Å². The Labute approximate surface area is 152 Å². The number of sulfonamides is 1. The zero-order valence-electron chi connectivity index (χ0n) is 15.4. The lowest BCUT2D eigenvalue weighted by Gasteiger charge is -2.35. The third-order valence-corrected chi connectivity index (χ3v) is 5.95. The number of aromatic nitrogens is 2. The van der Waals surface area contributed by atoms with Crippen LogP contribution in [-0.2, 0) is 19.6 Å². The van der Waals surface area contributed by atoms with Crippen molar-refractivity contribution in [3.8, 4) is 0 Å². The van der Waals surface area contributed by atoms with Crippen molar-refractivity contribution in [1.82, 2.24) is 24.7 Å². The number of aryl methyl sites for hydroxylation is 2. The predicted molar refractivity (Wildman–Crippen MR) is 93.0 cm³/mol. The van der Waals surface area contributed by atoms with Gasteiger partial charge in [-0.2, -0.15) is 9.82 Å². The van der Waals surface area contributed by atoms with Crippen molar-refractivity contribution < 1.29 is 22.7 Å². The molecule has 1 aromatic heterocycles. The van der Waals surface area contributed by atoms with E-state index in [-0.39, 0.29) is 10.8 Å². The van der Waals surface area contributed by atoms with Gasteiger partial charge in [0.05, 0.1) is 24.0 Å². The van der Waals surface area contributed by atoms with Crippen LogP contribution in [0.4, 0.5) is 4.79 Å². The smallest absolute Gasteiger partial charge is 0.409 e. The molecule has 0 spiro atoms. The van der Waals surface area contributed by atoms with Gasteiger partial charge >= 0.3 is 6.09 Å². The van der Waals surface area contributed by atoms with E-state index in [9.17, 15) is 18.0 Å². The third-order valence-electron chi connectivity index (χ3n) is 4.15. The number of H-pyrrole nitrogens is 1. The lowest BCUT2D eigenvalue weighted by molar-refractivity contribution is -0.134. The number of ether oxygens (including phenoxy) is 1. The van der Waals surface area contributed by atoms with Crippen molar-refractivity contribution >= 4 is 22.0 Å². The van der Waals surface area contributed by atoms with E-state index >= 15 is 0 Å². The van der Waals surface area contributed by atoms with Crippen molar-refractivity contribution in [1.29, 1.82) is 0 Å². The van der Waals surface area contributed by atoms with Gasteiger partial charge in [0.2, 0.25) is 15.9 Å². The molecule has 0 aromatic carbocycles. The van der Waals surface area contributed by atoms with Crippen LogP contribution < -0.4 is 4.72 Å². The molecule has 0 radical (unpaired) electrons. The monoisotopic (exact) mass is 387 g/mol. The number of carbonyl (C=O) groups excluding carboxylic acids is 2. The van der Waals surface area contributed by atoms with Gasteiger partial charge in [-0.25, -0.2) is 13.2 Å². The van der Waals surface area contributed by atoms with Gasteiger partial charge in [0.15, 0.2) is 0 Å². The molecule has 2 rings (SSSR count). The minimum atomic E-state index is -3.87. The van der Waals surface area contributed by atoms with Crippen molar-refractivity contribution in [3.63, 3.8) is 0 Å². The van der Waals surface area contributed by atoms with Gasteiger partial charge in [-0.15, -0.1) is 0 Å². The van der Waals surface area contributed by atoms with Crippen LogP contribution in [0, 0.1) is 13.8 Å². The first-order valence-electron chi connectivity index (χ1n) is 8.41. The number of amides is 2. The highest BCUT2D eigenvalue weighted by Gasteiger charge is 2.31. The Morgan fingerprint density at radius 1 is 1.23 bits per heavy atom. The van der Waals surface area contributed by atoms with Crippen molar-refractivity contribution in [2.24, 2.45) is 0 Å². The Balaban J connectivity index is 1.97. The van der Waals surface area contributed by atoms with Gasteiger partial charge in [-0.1, -0.05) is 0 Å². The third kappa shape index (κ3) is 4.33. The van der Waals surface area contributed by atoms with E-state index in [0.29, 0.717) is 44.2 Å². The molecular formula is C15H25N5O5S. The van der Waals surface area contributed by atoms with E-state index in [2.05, 4.69) is 14.9 Å². The number of carbonyl (C=O) groups is 2. The SMILES string of the molecule is CCOC(=O)N1CCN(C(=O)[C@@H](C)NS(=O)(=O)c2c(C)n[nH]c2C)CC1. The largest absolute Gasteiger partial charge is 0.450 e. The Bertz CT molecular complexity index is 748. The summed E-state index contributed by atoms with van der Waals surface area (Å²) in [6.07, 6.45) is -0.403. The number of rotatable bonds is 5. The Hall–Kier alpha value is -2.14. The molecule has 0 bridgehead atoms. The average Bonchev–Trinajstić information content (AvgIpc) is 2.93. The molecule has 1 aromatic rings. The molecule has 1 fully saturated rings. The molecule has 2 heterocycles. The zero-order valence-corrected chi connectivity index (χ0v) is 16.2. The maximum Gasteiger partial charge on any atom is 0.409 e. The summed E-state index contributed by atoms with van der Waals surface area (Å²) in [5.74, 6) is -0.337. The molecule has 26 heavy (non-hydrogen) atoms. The normalized spacial score (nSPS) is 16.5. The quantitative estimate of drug-likeness (QED) is 0.732. The predicted octanol–water partition coefficient (Wildman–Crippen LogP) is -0.00596. The van der Waals surface area contributed by atoms with Crippen molar-refractivity contribution in [2.75, 3.05) is 32.8 Å². The summed E-state index contributed by atoms with van der Waals surface area (Å²) in [6, 6.07) is -0.928. The Kier molecular flexibility index (Phi) is 6.24. The molecule has 1 aliphatic rings. The number of hydrogen-bond acceptors (Lipinski definition) is 6. The van der Waals surface area contributed by atoms with Crippen LogP contribution in [0.15, 0.2) is 4.90 Å². The molecule has 11 heteroatoms. The number of piperazine rings is 1. The van der Waals surface area contributed by atoms with Gasteiger partial charge in [-0.3, -0.25) is 9.89 Å². The molecule has 1 aliphatic heterocycles. The van der Waals surface area contributed by atoms with Crippen LogP contribution >= 0.6 is 0 Å². The first-order valence-corrected chi connectivity index (χ1v) is 9.90. The summed E-state index contributed by atoms with van der Waals surface area (Å²) in [4.78, 5) is 27.4. The number of hydrogen-bond donors (Lipinski definition) is 2. The van der Waals surface area contributed by atoms with Crippen LogP contribution in [0.2, 0.25) is 0 Å². The van der Waals surface area contributed by atoms with Gasteiger partial charge in [-0.05, 0) is 27.7 Å². The standard InChI is InChI=1S/C15H25N5O5S/c1-5-25-15(22)20-8-6-19(7-9-20)14(21)12(4)18-26(23,24)13-10(2)16-17-11(13)3/h12,18H,5-9H2,1-4H3,(H,16,17)/t12-/m1/s1. The molecular weight excluding hydrogens is 362 g/mol. The van der Waals surface area contributed by atoms with E-state index in [4.69, 9.17) is 4.74 Å². The number of nitrogens with zero attached hydrogens (tertiary/aromatic N) is 3. The topological polar surface area (TPSA) is 125 Å². The number of nitrogens with one attached hydrogen (secondary N) is 2. The second-order valence-electron chi connectivity index (χ2n) is 6.12. The van der Waals surface area contributed by atoms with E-state index in [1.165, 1.54) is 16.7 Å².